The van der Waals surface area contributed by atoms with Gasteiger partial charge in [-0.25, -0.2) is 9.59 Å². The summed E-state index contributed by atoms with van der Waals surface area (Å²) >= 11 is 0. The average Bonchev–Trinajstić information content (AvgIpc) is 3.71. The van der Waals surface area contributed by atoms with E-state index in [1.165, 1.54) is 0 Å². The standard InChI is InChI=1S/C44H64N2O9/c1-41(2,3)52-37(47)35(31-19-21-45(27-31)39(49)54-43(7,8)9)25-29-15-13-17-33(23-29)51-34-18-14-16-30(24-34)26-36(38(48)53-42(4,5)6)32-20-22-46(28-32)40(50)55-44(10,11)12/h13-18,23-24,31-32,35-36H,19-22,25-28H2,1-12H3/t31-,32-,35-,36?/m0/s1. The van der Waals surface area contributed by atoms with E-state index in [2.05, 4.69) is 0 Å². The van der Waals surface area contributed by atoms with Crippen LogP contribution in [0, 0.1) is 23.7 Å². The van der Waals surface area contributed by atoms with Gasteiger partial charge in [-0.05, 0) is 156 Å². The summed E-state index contributed by atoms with van der Waals surface area (Å²) < 4.78 is 29.4. The second-order valence-electron chi connectivity index (χ2n) is 19.0. The lowest BCUT2D eigenvalue weighted by Gasteiger charge is -2.28. The molecule has 0 saturated carbocycles. The lowest BCUT2D eigenvalue weighted by Crippen LogP contribution is -2.38. The molecule has 55 heavy (non-hydrogen) atoms. The third-order valence-electron chi connectivity index (χ3n) is 9.25. The van der Waals surface area contributed by atoms with Gasteiger partial charge in [-0.3, -0.25) is 9.59 Å². The Balaban J connectivity index is 1.50. The lowest BCUT2D eigenvalue weighted by atomic mass is 9.86. The van der Waals surface area contributed by atoms with Crippen LogP contribution >= 0.6 is 0 Å². The van der Waals surface area contributed by atoms with Crippen LogP contribution in [0.3, 0.4) is 0 Å². The third kappa shape index (κ3) is 14.1. The van der Waals surface area contributed by atoms with E-state index in [0.29, 0.717) is 63.4 Å². The summed E-state index contributed by atoms with van der Waals surface area (Å²) in [5.41, 5.74) is -0.734. The predicted octanol–water partition coefficient (Wildman–Crippen LogP) is 8.99. The molecular formula is C44H64N2O9. The van der Waals surface area contributed by atoms with E-state index in [1.54, 1.807) is 9.80 Å². The van der Waals surface area contributed by atoms with Gasteiger partial charge < -0.3 is 33.5 Å². The minimum atomic E-state index is -0.660. The smallest absolute Gasteiger partial charge is 0.410 e. The zero-order valence-corrected chi connectivity index (χ0v) is 35.2. The van der Waals surface area contributed by atoms with Crippen LogP contribution in [-0.2, 0) is 41.4 Å². The van der Waals surface area contributed by atoms with Gasteiger partial charge in [0.2, 0.25) is 0 Å². The molecular weight excluding hydrogens is 700 g/mol. The summed E-state index contributed by atoms with van der Waals surface area (Å²) in [6, 6.07) is 15.3. The van der Waals surface area contributed by atoms with E-state index in [-0.39, 0.29) is 36.0 Å². The molecule has 2 aromatic carbocycles. The van der Waals surface area contributed by atoms with Crippen LogP contribution in [0.15, 0.2) is 48.5 Å². The Bertz CT molecular complexity index is 1540. The van der Waals surface area contributed by atoms with Crippen LogP contribution in [0.25, 0.3) is 0 Å². The normalized spacial score (nSPS) is 19.1. The fourth-order valence-corrected chi connectivity index (χ4v) is 6.97. The van der Waals surface area contributed by atoms with Crippen LogP contribution in [0.2, 0.25) is 0 Å². The topological polar surface area (TPSA) is 121 Å². The molecule has 2 fully saturated rings. The largest absolute Gasteiger partial charge is 0.460 e. The molecule has 4 rings (SSSR count). The molecule has 0 aliphatic carbocycles. The highest BCUT2D eigenvalue weighted by Gasteiger charge is 2.40. The Kier molecular flexibility index (Phi) is 13.6. The highest BCUT2D eigenvalue weighted by molar-refractivity contribution is 5.75. The van der Waals surface area contributed by atoms with Crippen molar-refractivity contribution in [3.63, 3.8) is 0 Å². The zero-order chi connectivity index (χ0) is 40.9. The average molecular weight is 765 g/mol. The van der Waals surface area contributed by atoms with Gasteiger partial charge in [0.25, 0.3) is 0 Å². The quantitative estimate of drug-likeness (QED) is 0.172. The number of carbonyl (C=O) groups excluding carboxylic acids is 4. The number of hydrogen-bond donors (Lipinski definition) is 0. The molecule has 11 nitrogen and oxygen atoms in total. The van der Waals surface area contributed by atoms with E-state index < -0.39 is 34.2 Å². The maximum absolute atomic E-state index is 13.6. The van der Waals surface area contributed by atoms with Crippen molar-refractivity contribution in [3.8, 4) is 11.5 Å². The number of rotatable bonds is 10. The number of ether oxygens (including phenoxy) is 5. The van der Waals surface area contributed by atoms with Gasteiger partial charge in [0.05, 0.1) is 11.8 Å². The molecule has 2 aromatic rings. The van der Waals surface area contributed by atoms with Gasteiger partial charge in [0, 0.05) is 26.2 Å². The van der Waals surface area contributed by atoms with Crippen LogP contribution in [0.4, 0.5) is 9.59 Å². The molecule has 0 bridgehead atoms. The van der Waals surface area contributed by atoms with Gasteiger partial charge in [-0.15, -0.1) is 0 Å². The van der Waals surface area contributed by atoms with E-state index in [4.69, 9.17) is 23.7 Å². The maximum Gasteiger partial charge on any atom is 0.410 e. The minimum absolute atomic E-state index is 0.0994. The fraction of sp³-hybridized carbons (Fsp3) is 0.636. The molecule has 0 radical (unpaired) electrons. The monoisotopic (exact) mass is 764 g/mol. The first kappa shape index (κ1) is 43.4. The highest BCUT2D eigenvalue weighted by atomic mass is 16.6. The Morgan fingerprint density at radius 3 is 1.24 bits per heavy atom. The summed E-state index contributed by atoms with van der Waals surface area (Å²) in [5, 5.41) is 0. The van der Waals surface area contributed by atoms with Crippen LogP contribution < -0.4 is 4.74 Å². The number of nitrogens with zero attached hydrogens (tertiary/aromatic N) is 2. The number of benzene rings is 2. The van der Waals surface area contributed by atoms with Gasteiger partial charge >= 0.3 is 24.1 Å². The van der Waals surface area contributed by atoms with Crippen molar-refractivity contribution < 1.29 is 42.9 Å². The molecule has 4 atom stereocenters. The van der Waals surface area contributed by atoms with Crippen LogP contribution in [0.5, 0.6) is 11.5 Å². The van der Waals surface area contributed by atoms with E-state index in [1.807, 2.05) is 132 Å². The Morgan fingerprint density at radius 2 is 0.909 bits per heavy atom. The molecule has 2 aliphatic rings. The Hall–Kier alpha value is -4.28. The molecule has 2 heterocycles. The molecule has 2 amide bonds. The first-order valence-electron chi connectivity index (χ1n) is 19.6. The van der Waals surface area contributed by atoms with Crippen molar-refractivity contribution in [1.29, 1.82) is 0 Å². The van der Waals surface area contributed by atoms with Crippen molar-refractivity contribution in [3.05, 3.63) is 59.7 Å². The summed E-state index contributed by atoms with van der Waals surface area (Å²) in [6.45, 7) is 24.0. The van der Waals surface area contributed by atoms with Crippen molar-refractivity contribution in [2.45, 2.75) is 131 Å². The Labute approximate surface area is 328 Å². The number of hydrogen-bond acceptors (Lipinski definition) is 9. The second-order valence-corrected chi connectivity index (χ2v) is 19.0. The predicted molar refractivity (Wildman–Crippen MR) is 211 cm³/mol. The zero-order valence-electron chi connectivity index (χ0n) is 35.2. The first-order valence-corrected chi connectivity index (χ1v) is 19.6. The van der Waals surface area contributed by atoms with Gasteiger partial charge in [0.15, 0.2) is 0 Å². The van der Waals surface area contributed by atoms with E-state index >= 15 is 0 Å². The van der Waals surface area contributed by atoms with Crippen molar-refractivity contribution >= 4 is 24.1 Å². The number of carbonyl (C=O) groups is 4. The van der Waals surface area contributed by atoms with Gasteiger partial charge in [0.1, 0.15) is 33.9 Å². The molecule has 304 valence electrons. The van der Waals surface area contributed by atoms with Crippen molar-refractivity contribution in [2.24, 2.45) is 23.7 Å². The number of esters is 2. The van der Waals surface area contributed by atoms with Crippen LogP contribution in [0.1, 0.15) is 107 Å². The molecule has 2 saturated heterocycles. The summed E-state index contributed by atoms with van der Waals surface area (Å²) in [5.74, 6) is -0.528. The van der Waals surface area contributed by atoms with Crippen LogP contribution in [-0.4, -0.2) is 82.5 Å². The van der Waals surface area contributed by atoms with Gasteiger partial charge in [-0.2, -0.15) is 0 Å². The highest BCUT2D eigenvalue weighted by Crippen LogP contribution is 2.34. The maximum atomic E-state index is 13.6. The molecule has 0 aromatic heterocycles. The molecule has 1 unspecified atom stereocenters. The number of amides is 2. The SMILES string of the molecule is CC(C)(C)OC(=O)C(Cc1cccc(Oc2cccc(C[C@H](C(=O)OC(C)(C)C)[C@H]3CCN(C(=O)OC(C)(C)C)C3)c2)c1)[C@H]1CCN(C(=O)OC(C)(C)C)C1. The number of likely N-dealkylation sites (tertiary alicyclic amines) is 2. The third-order valence-corrected chi connectivity index (χ3v) is 9.25. The van der Waals surface area contributed by atoms with Crippen molar-refractivity contribution in [2.75, 3.05) is 26.2 Å². The fourth-order valence-electron chi connectivity index (χ4n) is 6.97. The molecule has 0 spiro atoms. The minimum Gasteiger partial charge on any atom is -0.460 e. The summed E-state index contributed by atoms with van der Waals surface area (Å²) in [6.07, 6.45) is 1.40. The van der Waals surface area contributed by atoms with E-state index in [0.717, 1.165) is 11.1 Å². The summed E-state index contributed by atoms with van der Waals surface area (Å²) in [4.78, 5) is 56.3. The van der Waals surface area contributed by atoms with E-state index in [9.17, 15) is 19.2 Å². The lowest BCUT2D eigenvalue weighted by molar-refractivity contribution is -0.163. The Morgan fingerprint density at radius 1 is 0.564 bits per heavy atom. The first-order chi connectivity index (χ1) is 25.3. The summed E-state index contributed by atoms with van der Waals surface area (Å²) in [7, 11) is 0. The van der Waals surface area contributed by atoms with Crippen molar-refractivity contribution in [1.82, 2.24) is 9.80 Å². The second kappa shape index (κ2) is 17.2. The molecule has 2 aliphatic heterocycles. The van der Waals surface area contributed by atoms with Gasteiger partial charge in [-0.1, -0.05) is 24.3 Å². The molecule has 11 heteroatoms. The molecule has 0 N–H and O–H groups in total.